The highest BCUT2D eigenvalue weighted by atomic mass is 16.5. The predicted octanol–water partition coefficient (Wildman–Crippen LogP) is 0.826. The fraction of sp³-hybridized carbons (Fsp3) is 0.500. The van der Waals surface area contributed by atoms with Gasteiger partial charge in [-0.3, -0.25) is 0 Å². The highest BCUT2D eigenvalue weighted by Gasteiger charge is 2.12. The first-order valence-corrected chi connectivity index (χ1v) is 4.73. The van der Waals surface area contributed by atoms with Crippen LogP contribution in [0.2, 0.25) is 0 Å². The number of methoxy groups -OCH3 is 2. The summed E-state index contributed by atoms with van der Waals surface area (Å²) in [4.78, 5) is 4.03. The molecule has 0 fully saturated rings. The number of aromatic nitrogens is 1. The molecule has 1 rings (SSSR count). The largest absolute Gasteiger partial charge is 0.493 e. The van der Waals surface area contributed by atoms with Gasteiger partial charge in [0.1, 0.15) is 0 Å². The maximum absolute atomic E-state index is 5.50. The van der Waals surface area contributed by atoms with E-state index in [0.29, 0.717) is 30.5 Å². The summed E-state index contributed by atoms with van der Waals surface area (Å²) in [6.45, 7) is 1.11. The predicted molar refractivity (Wildman–Crippen MR) is 56.5 cm³/mol. The Kier molecular flexibility index (Phi) is 4.70. The van der Waals surface area contributed by atoms with Crippen LogP contribution in [0.15, 0.2) is 12.3 Å². The number of hydrogen-bond acceptors (Lipinski definition) is 5. The molecule has 0 radical (unpaired) electrons. The molecule has 0 spiro atoms. The summed E-state index contributed by atoms with van der Waals surface area (Å²) < 4.78 is 15.7. The second kappa shape index (κ2) is 6.08. The number of ether oxygens (including phenoxy) is 3. The molecule has 0 aromatic carbocycles. The molecule has 0 amide bonds. The maximum atomic E-state index is 5.50. The van der Waals surface area contributed by atoms with Crippen molar-refractivity contribution in [2.45, 2.75) is 6.42 Å². The third kappa shape index (κ3) is 2.99. The molecule has 0 saturated heterocycles. The Morgan fingerprint density at radius 3 is 2.73 bits per heavy atom. The van der Waals surface area contributed by atoms with Crippen LogP contribution in [0.3, 0.4) is 0 Å². The summed E-state index contributed by atoms with van der Waals surface area (Å²) in [6.07, 6.45) is 2.38. The fourth-order valence-electron chi connectivity index (χ4n) is 1.11. The van der Waals surface area contributed by atoms with Gasteiger partial charge in [-0.2, -0.15) is 0 Å². The van der Waals surface area contributed by atoms with E-state index in [9.17, 15) is 0 Å². The molecule has 0 aliphatic heterocycles. The van der Waals surface area contributed by atoms with E-state index >= 15 is 0 Å². The van der Waals surface area contributed by atoms with Crippen molar-refractivity contribution in [3.05, 3.63) is 12.3 Å². The average molecular weight is 212 g/mol. The molecule has 0 unspecified atom stereocenters. The van der Waals surface area contributed by atoms with E-state index in [1.165, 1.54) is 7.11 Å². The second-order valence-corrected chi connectivity index (χ2v) is 2.84. The standard InChI is InChI=1S/C10H16N2O3/c1-13-8-4-6-12-10(14-2)9(8)15-7-3-5-11/h4,6H,3,5,7,11H2,1-2H3. The SMILES string of the molecule is COc1ccnc(OC)c1OCCCN. The van der Waals surface area contributed by atoms with Gasteiger partial charge in [0.2, 0.25) is 5.75 Å². The molecule has 0 aliphatic rings. The number of pyridine rings is 1. The lowest BCUT2D eigenvalue weighted by atomic mass is 10.4. The zero-order valence-electron chi connectivity index (χ0n) is 9.03. The van der Waals surface area contributed by atoms with Gasteiger partial charge in [-0.15, -0.1) is 0 Å². The van der Waals surface area contributed by atoms with E-state index in [1.54, 1.807) is 19.4 Å². The molecule has 5 nitrogen and oxygen atoms in total. The minimum Gasteiger partial charge on any atom is -0.493 e. The van der Waals surface area contributed by atoms with Crippen LogP contribution in [0.1, 0.15) is 6.42 Å². The highest BCUT2D eigenvalue weighted by molar-refractivity contribution is 5.46. The molecule has 2 N–H and O–H groups in total. The van der Waals surface area contributed by atoms with Crippen LogP contribution < -0.4 is 19.9 Å². The van der Waals surface area contributed by atoms with Gasteiger partial charge < -0.3 is 19.9 Å². The van der Waals surface area contributed by atoms with Crippen LogP contribution in [0.25, 0.3) is 0 Å². The van der Waals surface area contributed by atoms with E-state index < -0.39 is 0 Å². The van der Waals surface area contributed by atoms with Gasteiger partial charge in [0, 0.05) is 12.3 Å². The number of rotatable bonds is 6. The highest BCUT2D eigenvalue weighted by Crippen LogP contribution is 2.34. The first-order chi connectivity index (χ1) is 7.33. The molecule has 1 heterocycles. The van der Waals surface area contributed by atoms with Crippen molar-refractivity contribution in [3.63, 3.8) is 0 Å². The summed E-state index contributed by atoms with van der Waals surface area (Å²) in [6, 6.07) is 1.72. The molecule has 1 aromatic heterocycles. The van der Waals surface area contributed by atoms with Crippen molar-refractivity contribution < 1.29 is 14.2 Å². The Balaban J connectivity index is 2.80. The second-order valence-electron chi connectivity index (χ2n) is 2.84. The van der Waals surface area contributed by atoms with Crippen molar-refractivity contribution in [2.75, 3.05) is 27.4 Å². The van der Waals surface area contributed by atoms with Gasteiger partial charge in [-0.25, -0.2) is 4.98 Å². The zero-order chi connectivity index (χ0) is 11.1. The van der Waals surface area contributed by atoms with E-state index in [0.717, 1.165) is 6.42 Å². The summed E-state index contributed by atoms with van der Waals surface area (Å²) in [7, 11) is 3.11. The van der Waals surface area contributed by atoms with Gasteiger partial charge in [0.05, 0.1) is 20.8 Å². The van der Waals surface area contributed by atoms with Gasteiger partial charge in [-0.1, -0.05) is 0 Å². The van der Waals surface area contributed by atoms with Crippen LogP contribution in [-0.2, 0) is 0 Å². The minimum absolute atomic E-state index is 0.423. The Hall–Kier alpha value is -1.49. The van der Waals surface area contributed by atoms with Crippen molar-refractivity contribution >= 4 is 0 Å². The molecule has 0 aliphatic carbocycles. The van der Waals surface area contributed by atoms with Gasteiger partial charge in [-0.05, 0) is 13.0 Å². The Bertz CT molecular complexity index is 282. The van der Waals surface area contributed by atoms with Crippen LogP contribution in [0.5, 0.6) is 17.4 Å². The topological polar surface area (TPSA) is 66.6 Å². The monoisotopic (exact) mass is 212 g/mol. The maximum Gasteiger partial charge on any atom is 0.260 e. The number of nitrogens with two attached hydrogens (primary N) is 1. The minimum atomic E-state index is 0.423. The molecule has 0 bridgehead atoms. The molecule has 15 heavy (non-hydrogen) atoms. The molecular formula is C10H16N2O3. The lowest BCUT2D eigenvalue weighted by molar-refractivity contribution is 0.267. The lowest BCUT2D eigenvalue weighted by Gasteiger charge is -2.12. The average Bonchev–Trinajstić information content (AvgIpc) is 2.29. The Morgan fingerprint density at radius 2 is 2.13 bits per heavy atom. The van der Waals surface area contributed by atoms with E-state index in [-0.39, 0.29) is 0 Å². The molecule has 5 heteroatoms. The van der Waals surface area contributed by atoms with Crippen LogP contribution in [-0.4, -0.2) is 32.4 Å². The fourth-order valence-corrected chi connectivity index (χ4v) is 1.11. The van der Waals surface area contributed by atoms with Crippen molar-refractivity contribution in [2.24, 2.45) is 5.73 Å². The molecule has 84 valence electrons. The van der Waals surface area contributed by atoms with Gasteiger partial charge in [0.25, 0.3) is 5.88 Å². The normalized spacial score (nSPS) is 9.80. The Morgan fingerprint density at radius 1 is 1.33 bits per heavy atom. The third-order valence-corrected chi connectivity index (χ3v) is 1.84. The molecular weight excluding hydrogens is 196 g/mol. The van der Waals surface area contributed by atoms with Crippen LogP contribution in [0.4, 0.5) is 0 Å². The summed E-state index contributed by atoms with van der Waals surface area (Å²) in [5, 5.41) is 0. The van der Waals surface area contributed by atoms with Crippen molar-refractivity contribution in [3.8, 4) is 17.4 Å². The van der Waals surface area contributed by atoms with Gasteiger partial charge in [0.15, 0.2) is 5.75 Å². The van der Waals surface area contributed by atoms with E-state index in [4.69, 9.17) is 19.9 Å². The quantitative estimate of drug-likeness (QED) is 0.707. The Labute approximate surface area is 89.2 Å². The molecule has 0 atom stereocenters. The number of nitrogens with zero attached hydrogens (tertiary/aromatic N) is 1. The first kappa shape index (κ1) is 11.6. The van der Waals surface area contributed by atoms with Crippen LogP contribution >= 0.6 is 0 Å². The van der Waals surface area contributed by atoms with Crippen molar-refractivity contribution in [1.29, 1.82) is 0 Å². The molecule has 1 aromatic rings. The smallest absolute Gasteiger partial charge is 0.260 e. The number of hydrogen-bond donors (Lipinski definition) is 1. The molecule has 0 saturated carbocycles. The lowest BCUT2D eigenvalue weighted by Crippen LogP contribution is -2.07. The van der Waals surface area contributed by atoms with E-state index in [1.807, 2.05) is 0 Å². The van der Waals surface area contributed by atoms with Gasteiger partial charge >= 0.3 is 0 Å². The van der Waals surface area contributed by atoms with E-state index in [2.05, 4.69) is 4.98 Å². The van der Waals surface area contributed by atoms with Crippen molar-refractivity contribution in [1.82, 2.24) is 4.98 Å². The zero-order valence-corrected chi connectivity index (χ0v) is 9.03. The first-order valence-electron chi connectivity index (χ1n) is 4.73. The summed E-state index contributed by atoms with van der Waals surface area (Å²) in [5.74, 6) is 1.56. The summed E-state index contributed by atoms with van der Waals surface area (Å²) >= 11 is 0. The third-order valence-electron chi connectivity index (χ3n) is 1.84. The summed E-state index contributed by atoms with van der Waals surface area (Å²) in [5.41, 5.74) is 5.38. The van der Waals surface area contributed by atoms with Crippen LogP contribution in [0, 0.1) is 0 Å².